The van der Waals surface area contributed by atoms with E-state index in [1.807, 2.05) is 38.2 Å². The fraction of sp³-hybridized carbons (Fsp3) is 0.368. The van der Waals surface area contributed by atoms with Crippen molar-refractivity contribution < 1.29 is 9.21 Å². The Morgan fingerprint density at radius 2 is 2.17 bits per heavy atom. The molecule has 1 amide bonds. The highest BCUT2D eigenvalue weighted by molar-refractivity contribution is 5.92. The SMILES string of the molecule is Cc1oc2ccccc2c1CCNC(=O)c1cc(C2CC2)nn1C. The summed E-state index contributed by atoms with van der Waals surface area (Å²) in [5.74, 6) is 1.40. The number of hydrogen-bond acceptors (Lipinski definition) is 3. The second kappa shape index (κ2) is 5.82. The van der Waals surface area contributed by atoms with Gasteiger partial charge in [0, 0.05) is 30.5 Å². The molecule has 2 aromatic heterocycles. The molecule has 2 heterocycles. The highest BCUT2D eigenvalue weighted by Crippen LogP contribution is 2.39. The summed E-state index contributed by atoms with van der Waals surface area (Å²) in [6.45, 7) is 2.55. The summed E-state index contributed by atoms with van der Waals surface area (Å²) in [5.41, 5.74) is 3.73. The van der Waals surface area contributed by atoms with E-state index in [2.05, 4.69) is 16.5 Å². The summed E-state index contributed by atoms with van der Waals surface area (Å²) in [5, 5.41) is 8.57. The Morgan fingerprint density at radius 3 is 2.96 bits per heavy atom. The molecule has 0 saturated heterocycles. The maximum Gasteiger partial charge on any atom is 0.269 e. The van der Waals surface area contributed by atoms with Crippen molar-refractivity contribution in [1.82, 2.24) is 15.1 Å². The summed E-state index contributed by atoms with van der Waals surface area (Å²) in [6.07, 6.45) is 3.12. The first-order valence-electron chi connectivity index (χ1n) is 8.42. The van der Waals surface area contributed by atoms with Gasteiger partial charge in [-0.3, -0.25) is 9.48 Å². The van der Waals surface area contributed by atoms with Crippen LogP contribution in [-0.4, -0.2) is 22.2 Å². The van der Waals surface area contributed by atoms with Crippen LogP contribution >= 0.6 is 0 Å². The third-order valence-electron chi connectivity index (χ3n) is 4.69. The molecule has 1 aromatic carbocycles. The van der Waals surface area contributed by atoms with Crippen molar-refractivity contribution in [3.05, 3.63) is 53.0 Å². The summed E-state index contributed by atoms with van der Waals surface area (Å²) >= 11 is 0. The number of carbonyl (C=O) groups excluding carboxylic acids is 1. The molecule has 1 N–H and O–H groups in total. The zero-order valence-corrected chi connectivity index (χ0v) is 14.0. The normalized spacial score (nSPS) is 14.2. The van der Waals surface area contributed by atoms with E-state index in [0.29, 0.717) is 18.2 Å². The quantitative estimate of drug-likeness (QED) is 0.783. The van der Waals surface area contributed by atoms with Gasteiger partial charge in [-0.1, -0.05) is 18.2 Å². The number of nitrogens with one attached hydrogen (secondary N) is 1. The van der Waals surface area contributed by atoms with Gasteiger partial charge < -0.3 is 9.73 Å². The first-order chi connectivity index (χ1) is 11.6. The van der Waals surface area contributed by atoms with Crippen LogP contribution in [0.3, 0.4) is 0 Å². The molecule has 4 rings (SSSR count). The summed E-state index contributed by atoms with van der Waals surface area (Å²) < 4.78 is 7.45. The number of benzene rings is 1. The lowest BCUT2D eigenvalue weighted by molar-refractivity contribution is 0.0944. The highest BCUT2D eigenvalue weighted by Gasteiger charge is 2.28. The maximum absolute atomic E-state index is 12.4. The predicted octanol–water partition coefficient (Wildman–Crippen LogP) is 3.32. The van der Waals surface area contributed by atoms with Crippen LogP contribution in [0.25, 0.3) is 11.0 Å². The van der Waals surface area contributed by atoms with Crippen LogP contribution in [-0.2, 0) is 13.5 Å². The Bertz CT molecular complexity index is 903. The Labute approximate surface area is 140 Å². The van der Waals surface area contributed by atoms with Gasteiger partial charge in [-0.05, 0) is 38.3 Å². The molecule has 124 valence electrons. The molecule has 1 fully saturated rings. The molecule has 5 nitrogen and oxygen atoms in total. The number of para-hydroxylation sites is 1. The average Bonchev–Trinajstić information content (AvgIpc) is 3.27. The van der Waals surface area contributed by atoms with Gasteiger partial charge in [0.15, 0.2) is 0 Å². The number of hydrogen-bond donors (Lipinski definition) is 1. The molecule has 0 unspecified atom stereocenters. The second-order valence-electron chi connectivity index (χ2n) is 6.49. The fourth-order valence-electron chi connectivity index (χ4n) is 3.20. The number of furan rings is 1. The van der Waals surface area contributed by atoms with Gasteiger partial charge in [-0.15, -0.1) is 0 Å². The first-order valence-corrected chi connectivity index (χ1v) is 8.42. The zero-order valence-electron chi connectivity index (χ0n) is 14.0. The first kappa shape index (κ1) is 15.0. The number of nitrogens with zero attached hydrogens (tertiary/aromatic N) is 2. The van der Waals surface area contributed by atoms with Crippen molar-refractivity contribution in [1.29, 1.82) is 0 Å². The van der Waals surface area contributed by atoms with Crippen LogP contribution in [0.5, 0.6) is 0 Å². The summed E-state index contributed by atoms with van der Waals surface area (Å²) in [7, 11) is 1.83. The molecule has 1 aliphatic carbocycles. The largest absolute Gasteiger partial charge is 0.461 e. The smallest absolute Gasteiger partial charge is 0.269 e. The predicted molar refractivity (Wildman–Crippen MR) is 92.2 cm³/mol. The third kappa shape index (κ3) is 2.70. The van der Waals surface area contributed by atoms with E-state index < -0.39 is 0 Å². The van der Waals surface area contributed by atoms with Gasteiger partial charge in [0.05, 0.1) is 5.69 Å². The lowest BCUT2D eigenvalue weighted by Crippen LogP contribution is -2.27. The Hall–Kier alpha value is -2.56. The lowest BCUT2D eigenvalue weighted by Gasteiger charge is -2.05. The van der Waals surface area contributed by atoms with Gasteiger partial charge in [0.2, 0.25) is 0 Å². The minimum absolute atomic E-state index is 0.0673. The van der Waals surface area contributed by atoms with E-state index in [9.17, 15) is 4.79 Å². The van der Waals surface area contributed by atoms with Crippen molar-refractivity contribution in [3.8, 4) is 0 Å². The molecule has 1 saturated carbocycles. The lowest BCUT2D eigenvalue weighted by atomic mass is 10.1. The fourth-order valence-corrected chi connectivity index (χ4v) is 3.20. The van der Waals surface area contributed by atoms with Crippen LogP contribution in [0.1, 0.15) is 46.3 Å². The summed E-state index contributed by atoms with van der Waals surface area (Å²) in [6, 6.07) is 9.93. The number of fused-ring (bicyclic) bond motifs is 1. The Kier molecular flexibility index (Phi) is 3.63. The van der Waals surface area contributed by atoms with E-state index in [0.717, 1.165) is 34.4 Å². The Morgan fingerprint density at radius 1 is 1.38 bits per heavy atom. The second-order valence-corrected chi connectivity index (χ2v) is 6.49. The van der Waals surface area contributed by atoms with E-state index >= 15 is 0 Å². The number of amides is 1. The molecule has 1 aliphatic rings. The van der Waals surface area contributed by atoms with Crippen LogP contribution in [0.15, 0.2) is 34.7 Å². The van der Waals surface area contributed by atoms with Gasteiger partial charge >= 0.3 is 0 Å². The third-order valence-corrected chi connectivity index (χ3v) is 4.69. The zero-order chi connectivity index (χ0) is 16.7. The molecule has 0 spiro atoms. The van der Waals surface area contributed by atoms with Gasteiger partial charge in [-0.2, -0.15) is 5.10 Å². The van der Waals surface area contributed by atoms with Crippen molar-refractivity contribution in [3.63, 3.8) is 0 Å². The number of carbonyl (C=O) groups is 1. The maximum atomic E-state index is 12.4. The van der Waals surface area contributed by atoms with E-state index in [1.165, 1.54) is 12.8 Å². The molecule has 0 radical (unpaired) electrons. The average molecular weight is 323 g/mol. The van der Waals surface area contributed by atoms with Gasteiger partial charge in [0.25, 0.3) is 5.91 Å². The number of aryl methyl sites for hydroxylation is 2. The standard InChI is InChI=1S/C19H21N3O2/c1-12-14(15-5-3-4-6-18(15)24-12)9-10-20-19(23)17-11-16(13-7-8-13)21-22(17)2/h3-6,11,13H,7-10H2,1-2H3,(H,20,23). The van der Waals surface area contributed by atoms with Crippen molar-refractivity contribution in [2.75, 3.05) is 6.54 Å². The minimum atomic E-state index is -0.0673. The van der Waals surface area contributed by atoms with Crippen LogP contribution in [0.4, 0.5) is 0 Å². The van der Waals surface area contributed by atoms with Crippen molar-refractivity contribution >= 4 is 16.9 Å². The molecule has 3 aromatic rings. The highest BCUT2D eigenvalue weighted by atomic mass is 16.3. The molecule has 0 atom stereocenters. The number of rotatable bonds is 5. The molecule has 0 aliphatic heterocycles. The molecular weight excluding hydrogens is 302 g/mol. The van der Waals surface area contributed by atoms with E-state index in [-0.39, 0.29) is 5.91 Å². The van der Waals surface area contributed by atoms with E-state index in [1.54, 1.807) is 4.68 Å². The number of aromatic nitrogens is 2. The van der Waals surface area contributed by atoms with Gasteiger partial charge in [0.1, 0.15) is 17.0 Å². The topological polar surface area (TPSA) is 60.1 Å². The summed E-state index contributed by atoms with van der Waals surface area (Å²) in [4.78, 5) is 12.4. The molecule has 24 heavy (non-hydrogen) atoms. The monoisotopic (exact) mass is 323 g/mol. The van der Waals surface area contributed by atoms with Gasteiger partial charge in [-0.25, -0.2) is 0 Å². The molecule has 0 bridgehead atoms. The molecule has 5 heteroatoms. The van der Waals surface area contributed by atoms with Crippen molar-refractivity contribution in [2.24, 2.45) is 7.05 Å². The van der Waals surface area contributed by atoms with Crippen LogP contribution in [0, 0.1) is 6.92 Å². The van der Waals surface area contributed by atoms with Crippen LogP contribution in [0.2, 0.25) is 0 Å². The van der Waals surface area contributed by atoms with Crippen molar-refractivity contribution in [2.45, 2.75) is 32.1 Å². The minimum Gasteiger partial charge on any atom is -0.461 e. The molecular formula is C19H21N3O2. The van der Waals surface area contributed by atoms with E-state index in [4.69, 9.17) is 4.42 Å². The Balaban J connectivity index is 1.43. The van der Waals surface area contributed by atoms with Crippen LogP contribution < -0.4 is 5.32 Å².